The van der Waals surface area contributed by atoms with Crippen molar-refractivity contribution in [2.75, 3.05) is 19.8 Å². The lowest BCUT2D eigenvalue weighted by Crippen LogP contribution is -2.23. The van der Waals surface area contributed by atoms with E-state index in [2.05, 4.69) is 53.4 Å². The van der Waals surface area contributed by atoms with Crippen LogP contribution in [0.4, 0.5) is 0 Å². The first-order valence-electron chi connectivity index (χ1n) is 9.35. The van der Waals surface area contributed by atoms with Gasteiger partial charge in [-0.15, -0.1) is 0 Å². The summed E-state index contributed by atoms with van der Waals surface area (Å²) in [5.41, 5.74) is 3.51. The third-order valence-corrected chi connectivity index (χ3v) is 5.34. The Kier molecular flexibility index (Phi) is 3.98. The lowest BCUT2D eigenvalue weighted by molar-refractivity contribution is 0.170. The number of hydrogen-bond acceptors (Lipinski definition) is 4. The van der Waals surface area contributed by atoms with Crippen LogP contribution in [0.1, 0.15) is 30.1 Å². The summed E-state index contributed by atoms with van der Waals surface area (Å²) >= 11 is 0. The quantitative estimate of drug-likeness (QED) is 0.706. The van der Waals surface area contributed by atoms with Gasteiger partial charge >= 0.3 is 0 Å². The summed E-state index contributed by atoms with van der Waals surface area (Å²) in [7, 11) is 0. The number of fused-ring (bicyclic) bond motifs is 2. The normalized spacial score (nSPS) is 19.8. The Morgan fingerprint density at radius 1 is 0.962 bits per heavy atom. The van der Waals surface area contributed by atoms with E-state index < -0.39 is 0 Å². The number of benzene rings is 2. The molecule has 0 aliphatic carbocycles. The number of pyridine rings is 1. The van der Waals surface area contributed by atoms with Gasteiger partial charge in [-0.3, -0.25) is 9.88 Å². The van der Waals surface area contributed by atoms with Crippen molar-refractivity contribution in [1.29, 1.82) is 0 Å². The number of para-hydroxylation sites is 1. The minimum atomic E-state index is 0.416. The Bertz CT molecular complexity index is 940. The summed E-state index contributed by atoms with van der Waals surface area (Å²) in [6, 6.07) is 19.4. The van der Waals surface area contributed by atoms with Crippen LogP contribution in [-0.2, 0) is 6.54 Å². The van der Waals surface area contributed by atoms with Gasteiger partial charge in [0.25, 0.3) is 0 Å². The molecule has 0 bridgehead atoms. The van der Waals surface area contributed by atoms with Crippen LogP contribution < -0.4 is 9.47 Å². The van der Waals surface area contributed by atoms with Crippen molar-refractivity contribution in [2.24, 2.45) is 0 Å². The monoisotopic (exact) mass is 346 g/mol. The van der Waals surface area contributed by atoms with E-state index in [0.717, 1.165) is 35.8 Å². The van der Waals surface area contributed by atoms with E-state index in [1.54, 1.807) is 0 Å². The van der Waals surface area contributed by atoms with E-state index in [4.69, 9.17) is 14.5 Å². The lowest BCUT2D eigenvalue weighted by atomic mass is 10.0. The van der Waals surface area contributed by atoms with Gasteiger partial charge in [-0.2, -0.15) is 0 Å². The molecule has 2 aliphatic rings. The van der Waals surface area contributed by atoms with E-state index in [9.17, 15) is 0 Å². The SMILES string of the molecule is c1ccc2nc(CN3CCC[C@H]3c3ccc4c(c3)OCCO4)ccc2c1. The molecule has 26 heavy (non-hydrogen) atoms. The van der Waals surface area contributed by atoms with E-state index in [0.29, 0.717) is 19.3 Å². The number of aromatic nitrogens is 1. The first kappa shape index (κ1) is 15.6. The predicted molar refractivity (Wildman–Crippen MR) is 102 cm³/mol. The molecule has 1 fully saturated rings. The average Bonchev–Trinajstić information content (AvgIpc) is 3.15. The van der Waals surface area contributed by atoms with E-state index in [1.807, 2.05) is 6.07 Å². The molecule has 1 aromatic heterocycles. The summed E-state index contributed by atoms with van der Waals surface area (Å²) in [5, 5.41) is 1.20. The highest BCUT2D eigenvalue weighted by molar-refractivity contribution is 5.78. The Hall–Kier alpha value is -2.59. The van der Waals surface area contributed by atoms with Crippen molar-refractivity contribution in [1.82, 2.24) is 9.88 Å². The van der Waals surface area contributed by atoms with Crippen LogP contribution in [0.15, 0.2) is 54.6 Å². The standard InChI is InChI=1S/C22H22N2O2/c1-2-5-19-16(4-1)7-9-18(23-19)15-24-11-3-6-20(24)17-8-10-21-22(14-17)26-13-12-25-21/h1-2,4-5,7-10,14,20H,3,6,11-13,15H2/t20-/m0/s1. The average molecular weight is 346 g/mol. The van der Waals surface area contributed by atoms with Gasteiger partial charge in [-0.05, 0) is 49.2 Å². The molecule has 2 aliphatic heterocycles. The zero-order chi connectivity index (χ0) is 17.3. The number of nitrogens with zero attached hydrogens (tertiary/aromatic N) is 2. The fourth-order valence-electron chi connectivity index (χ4n) is 4.06. The van der Waals surface area contributed by atoms with Crippen molar-refractivity contribution in [3.63, 3.8) is 0 Å². The molecule has 0 saturated carbocycles. The smallest absolute Gasteiger partial charge is 0.161 e. The maximum absolute atomic E-state index is 5.77. The van der Waals surface area contributed by atoms with Crippen molar-refractivity contribution in [3.05, 3.63) is 65.9 Å². The number of ether oxygens (including phenoxy) is 2. The fourth-order valence-corrected chi connectivity index (χ4v) is 4.06. The van der Waals surface area contributed by atoms with Crippen molar-refractivity contribution >= 4 is 10.9 Å². The van der Waals surface area contributed by atoms with Crippen LogP contribution in [0.3, 0.4) is 0 Å². The molecule has 4 nitrogen and oxygen atoms in total. The lowest BCUT2D eigenvalue weighted by Gasteiger charge is -2.26. The minimum absolute atomic E-state index is 0.416. The van der Waals surface area contributed by atoms with E-state index in [-0.39, 0.29) is 0 Å². The van der Waals surface area contributed by atoms with Crippen LogP contribution >= 0.6 is 0 Å². The topological polar surface area (TPSA) is 34.6 Å². The Morgan fingerprint density at radius 2 is 1.85 bits per heavy atom. The van der Waals surface area contributed by atoms with E-state index in [1.165, 1.54) is 23.8 Å². The minimum Gasteiger partial charge on any atom is -0.486 e. The molecule has 0 amide bonds. The first-order valence-corrected chi connectivity index (χ1v) is 9.35. The van der Waals surface area contributed by atoms with Gasteiger partial charge in [0.1, 0.15) is 13.2 Å². The zero-order valence-corrected chi connectivity index (χ0v) is 14.7. The second-order valence-electron chi connectivity index (χ2n) is 7.03. The first-order chi connectivity index (χ1) is 12.9. The Morgan fingerprint density at radius 3 is 2.81 bits per heavy atom. The van der Waals surface area contributed by atoms with Crippen molar-refractivity contribution in [3.8, 4) is 11.5 Å². The van der Waals surface area contributed by atoms with Crippen LogP contribution in [0.2, 0.25) is 0 Å². The van der Waals surface area contributed by atoms with Gasteiger partial charge in [0.05, 0.1) is 11.2 Å². The summed E-state index contributed by atoms with van der Waals surface area (Å²) in [6.07, 6.45) is 2.39. The van der Waals surface area contributed by atoms with Crippen LogP contribution in [0.5, 0.6) is 11.5 Å². The third kappa shape index (κ3) is 2.90. The van der Waals surface area contributed by atoms with Gasteiger partial charge in [-0.25, -0.2) is 0 Å². The Labute approximate surface area is 153 Å². The maximum Gasteiger partial charge on any atom is 0.161 e. The molecule has 1 atom stereocenters. The highest BCUT2D eigenvalue weighted by atomic mass is 16.6. The molecule has 4 heteroatoms. The summed E-state index contributed by atoms with van der Waals surface area (Å²) in [5.74, 6) is 1.74. The molecule has 3 aromatic rings. The molecule has 132 valence electrons. The molecule has 3 heterocycles. The second-order valence-corrected chi connectivity index (χ2v) is 7.03. The van der Waals surface area contributed by atoms with Crippen LogP contribution in [-0.4, -0.2) is 29.6 Å². The maximum atomic E-state index is 5.77. The van der Waals surface area contributed by atoms with E-state index >= 15 is 0 Å². The highest BCUT2D eigenvalue weighted by Gasteiger charge is 2.27. The summed E-state index contributed by atoms with van der Waals surface area (Å²) < 4.78 is 11.4. The number of likely N-dealkylation sites (tertiary alicyclic amines) is 1. The van der Waals surface area contributed by atoms with Gasteiger partial charge in [0.15, 0.2) is 11.5 Å². The highest BCUT2D eigenvalue weighted by Crippen LogP contribution is 2.38. The van der Waals surface area contributed by atoms with Gasteiger partial charge in [0, 0.05) is 18.0 Å². The number of rotatable bonds is 3. The largest absolute Gasteiger partial charge is 0.486 e. The Balaban J connectivity index is 1.39. The third-order valence-electron chi connectivity index (χ3n) is 5.34. The predicted octanol–water partition coefficient (Wildman–Crippen LogP) is 4.34. The second kappa shape index (κ2) is 6.61. The summed E-state index contributed by atoms with van der Waals surface area (Å²) in [6.45, 7) is 3.25. The molecule has 1 saturated heterocycles. The molecule has 5 rings (SSSR count). The molecule has 0 radical (unpaired) electrons. The summed E-state index contributed by atoms with van der Waals surface area (Å²) in [4.78, 5) is 7.38. The van der Waals surface area contributed by atoms with Gasteiger partial charge in [0.2, 0.25) is 0 Å². The molecular weight excluding hydrogens is 324 g/mol. The molecular formula is C22H22N2O2. The van der Waals surface area contributed by atoms with Crippen molar-refractivity contribution in [2.45, 2.75) is 25.4 Å². The van der Waals surface area contributed by atoms with Gasteiger partial charge in [-0.1, -0.05) is 30.3 Å². The van der Waals surface area contributed by atoms with Crippen molar-refractivity contribution < 1.29 is 9.47 Å². The molecule has 2 aromatic carbocycles. The molecule has 0 N–H and O–H groups in total. The van der Waals surface area contributed by atoms with Crippen LogP contribution in [0.25, 0.3) is 10.9 Å². The van der Waals surface area contributed by atoms with Crippen LogP contribution in [0, 0.1) is 0 Å². The zero-order valence-electron chi connectivity index (χ0n) is 14.7. The number of hydrogen-bond donors (Lipinski definition) is 0. The molecule has 0 unspecified atom stereocenters. The molecule has 0 spiro atoms. The fraction of sp³-hybridized carbons (Fsp3) is 0.318. The van der Waals surface area contributed by atoms with Gasteiger partial charge < -0.3 is 9.47 Å².